The van der Waals surface area contributed by atoms with Crippen LogP contribution in [0.4, 0.5) is 0 Å². The van der Waals surface area contributed by atoms with Gasteiger partial charge in [-0.3, -0.25) is 5.32 Å². The molecule has 0 unspecified atom stereocenters. The minimum Gasteiger partial charge on any atom is -0.355 e. The molecule has 1 aromatic heterocycles. The minimum atomic E-state index is 0.477. The maximum atomic E-state index is 8.94. The first-order valence-corrected chi connectivity index (χ1v) is 9.52. The van der Waals surface area contributed by atoms with Gasteiger partial charge in [-0.2, -0.15) is 5.26 Å². The van der Waals surface area contributed by atoms with Crippen molar-refractivity contribution in [2.75, 3.05) is 12.3 Å². The molecule has 3 rings (SSSR count). The predicted molar refractivity (Wildman–Crippen MR) is 109 cm³/mol. The Labute approximate surface area is 162 Å². The number of hydrogen-bond acceptors (Lipinski definition) is 4. The molecule has 0 amide bonds. The Morgan fingerprint density at radius 1 is 1.19 bits per heavy atom. The van der Waals surface area contributed by atoms with E-state index in [9.17, 15) is 0 Å². The van der Waals surface area contributed by atoms with Crippen molar-refractivity contribution in [1.82, 2.24) is 20.6 Å². The zero-order chi connectivity index (χ0) is 18.7. The lowest BCUT2D eigenvalue weighted by molar-refractivity contribution is 0.905. The Balaban J connectivity index is 1.54. The molecule has 2 aromatic carbocycles. The summed E-state index contributed by atoms with van der Waals surface area (Å²) in [6.45, 7) is 1.19. The van der Waals surface area contributed by atoms with Gasteiger partial charge in [-0.1, -0.05) is 36.4 Å². The highest BCUT2D eigenvalue weighted by Gasteiger charge is 2.02. The van der Waals surface area contributed by atoms with Crippen LogP contribution in [0.3, 0.4) is 0 Å². The molecule has 0 saturated carbocycles. The van der Waals surface area contributed by atoms with Crippen LogP contribution in [-0.4, -0.2) is 28.2 Å². The number of aromatic amines is 1. The fourth-order valence-corrected chi connectivity index (χ4v) is 3.26. The van der Waals surface area contributed by atoms with Crippen molar-refractivity contribution in [2.24, 2.45) is 4.99 Å². The van der Waals surface area contributed by atoms with Crippen LogP contribution in [0, 0.1) is 11.5 Å². The van der Waals surface area contributed by atoms with Crippen LogP contribution in [-0.2, 0) is 6.54 Å². The molecule has 0 atom stereocenters. The summed E-state index contributed by atoms with van der Waals surface area (Å²) in [4.78, 5) is 12.9. The first-order chi connectivity index (χ1) is 13.3. The highest BCUT2D eigenvalue weighted by molar-refractivity contribution is 7.99. The second kappa shape index (κ2) is 10.0. The Hall–Kier alpha value is -3.24. The van der Waals surface area contributed by atoms with E-state index in [0.717, 1.165) is 22.6 Å². The number of benzene rings is 2. The molecule has 136 valence electrons. The van der Waals surface area contributed by atoms with Crippen LogP contribution in [0.5, 0.6) is 0 Å². The summed E-state index contributed by atoms with van der Waals surface area (Å²) >= 11 is 1.76. The van der Waals surface area contributed by atoms with E-state index in [1.807, 2.05) is 42.6 Å². The summed E-state index contributed by atoms with van der Waals surface area (Å²) in [5.74, 6) is 1.36. The van der Waals surface area contributed by atoms with Gasteiger partial charge in [0.1, 0.15) is 0 Å². The zero-order valence-electron chi connectivity index (χ0n) is 14.7. The van der Waals surface area contributed by atoms with Gasteiger partial charge >= 0.3 is 0 Å². The highest BCUT2D eigenvalue weighted by Crippen LogP contribution is 2.18. The van der Waals surface area contributed by atoms with Crippen LogP contribution < -0.4 is 10.6 Å². The topological polar surface area (TPSA) is 88.9 Å². The highest BCUT2D eigenvalue weighted by atomic mass is 32.2. The van der Waals surface area contributed by atoms with Crippen LogP contribution in [0.25, 0.3) is 11.3 Å². The fraction of sp³-hybridized carbons (Fsp3) is 0.150. The second-order valence-corrected chi connectivity index (χ2v) is 6.82. The van der Waals surface area contributed by atoms with E-state index in [1.54, 1.807) is 24.3 Å². The van der Waals surface area contributed by atoms with E-state index < -0.39 is 0 Å². The summed E-state index contributed by atoms with van der Waals surface area (Å²) in [5, 5.41) is 14.7. The quantitative estimate of drug-likeness (QED) is 0.147. The van der Waals surface area contributed by atoms with Crippen LogP contribution >= 0.6 is 11.8 Å². The lowest BCUT2D eigenvalue weighted by Crippen LogP contribution is -2.35. The average Bonchev–Trinajstić information content (AvgIpc) is 3.25. The van der Waals surface area contributed by atoms with Crippen molar-refractivity contribution in [1.29, 1.82) is 5.26 Å². The number of aliphatic imine (C=N–C) groups is 1. The van der Waals surface area contributed by atoms with Gasteiger partial charge in [0.2, 0.25) is 5.96 Å². The Morgan fingerprint density at radius 3 is 2.85 bits per heavy atom. The number of nitrogens with one attached hydrogen (secondary N) is 3. The van der Waals surface area contributed by atoms with Gasteiger partial charge in [-0.25, -0.2) is 9.98 Å². The molecule has 0 fully saturated rings. The normalized spacial score (nSPS) is 11.0. The number of nitrogens with zero attached hydrogens (tertiary/aromatic N) is 3. The molecule has 0 spiro atoms. The van der Waals surface area contributed by atoms with Crippen molar-refractivity contribution in [2.45, 2.75) is 11.4 Å². The molecule has 0 radical (unpaired) electrons. The van der Waals surface area contributed by atoms with Crippen molar-refractivity contribution in [3.05, 3.63) is 72.7 Å². The number of guanidine groups is 1. The van der Waals surface area contributed by atoms with Crippen LogP contribution in [0.2, 0.25) is 0 Å². The maximum absolute atomic E-state index is 8.94. The van der Waals surface area contributed by atoms with E-state index in [-0.39, 0.29) is 0 Å². The second-order valence-electron chi connectivity index (χ2n) is 5.66. The first kappa shape index (κ1) is 18.5. The largest absolute Gasteiger partial charge is 0.355 e. The van der Waals surface area contributed by atoms with Crippen molar-refractivity contribution >= 4 is 17.7 Å². The smallest absolute Gasteiger partial charge is 0.205 e. The van der Waals surface area contributed by atoms with Gasteiger partial charge in [-0.05, 0) is 29.3 Å². The number of aromatic nitrogens is 2. The summed E-state index contributed by atoms with van der Waals surface area (Å²) in [7, 11) is 0. The summed E-state index contributed by atoms with van der Waals surface area (Å²) < 4.78 is 0. The maximum Gasteiger partial charge on any atom is 0.205 e. The number of thioether (sulfide) groups is 1. The molecule has 1 heterocycles. The van der Waals surface area contributed by atoms with E-state index in [1.165, 1.54) is 4.90 Å². The zero-order valence-corrected chi connectivity index (χ0v) is 15.5. The van der Waals surface area contributed by atoms with Crippen molar-refractivity contribution in [3.63, 3.8) is 0 Å². The Kier molecular flexibility index (Phi) is 6.90. The molecule has 0 bridgehead atoms. The van der Waals surface area contributed by atoms with Gasteiger partial charge in [-0.15, -0.1) is 11.8 Å². The van der Waals surface area contributed by atoms with Gasteiger partial charge in [0.05, 0.1) is 24.8 Å². The van der Waals surface area contributed by atoms with E-state index in [4.69, 9.17) is 5.26 Å². The molecular weight excluding hydrogens is 356 g/mol. The fourth-order valence-electron chi connectivity index (χ4n) is 2.47. The van der Waals surface area contributed by atoms with Gasteiger partial charge < -0.3 is 10.3 Å². The lowest BCUT2D eigenvalue weighted by Gasteiger charge is -2.08. The first-order valence-electron chi connectivity index (χ1n) is 8.54. The summed E-state index contributed by atoms with van der Waals surface area (Å²) in [6.07, 6.45) is 5.38. The number of hydrogen-bond donors (Lipinski definition) is 3. The van der Waals surface area contributed by atoms with Gasteiger partial charge in [0, 0.05) is 17.2 Å². The SMILES string of the molecule is N#CNC(=NCc1cccc(-c2cnc[nH]2)c1)NCCSc1ccccc1. The van der Waals surface area contributed by atoms with Crippen molar-refractivity contribution in [3.8, 4) is 17.5 Å². The van der Waals surface area contributed by atoms with Crippen LogP contribution in [0.15, 0.2) is 77.0 Å². The lowest BCUT2D eigenvalue weighted by atomic mass is 10.1. The Morgan fingerprint density at radius 2 is 2.07 bits per heavy atom. The molecule has 0 aliphatic rings. The third kappa shape index (κ3) is 5.90. The molecule has 0 aliphatic heterocycles. The number of H-pyrrole nitrogens is 1. The molecule has 3 aromatic rings. The predicted octanol–water partition coefficient (Wildman–Crippen LogP) is 3.39. The van der Waals surface area contributed by atoms with E-state index >= 15 is 0 Å². The molecule has 7 heteroatoms. The van der Waals surface area contributed by atoms with Crippen molar-refractivity contribution < 1.29 is 0 Å². The van der Waals surface area contributed by atoms with Gasteiger partial charge in [0.25, 0.3) is 0 Å². The standard InChI is InChI=1S/C20H20N6S/c21-14-25-20(23-9-10-27-18-7-2-1-3-8-18)24-12-16-5-4-6-17(11-16)19-13-22-15-26-19/h1-8,11,13,15H,9-10,12H2,(H,22,26)(H2,23,24,25). The molecule has 0 saturated heterocycles. The monoisotopic (exact) mass is 376 g/mol. The molecular formula is C20H20N6S. The molecule has 6 nitrogen and oxygen atoms in total. The molecule has 0 aliphatic carbocycles. The third-order valence-electron chi connectivity index (χ3n) is 3.74. The summed E-state index contributed by atoms with van der Waals surface area (Å²) in [5.41, 5.74) is 3.08. The summed E-state index contributed by atoms with van der Waals surface area (Å²) in [6, 6.07) is 18.3. The average molecular weight is 376 g/mol. The third-order valence-corrected chi connectivity index (χ3v) is 4.75. The molecule has 3 N–H and O–H groups in total. The number of rotatable bonds is 7. The van der Waals surface area contributed by atoms with E-state index in [0.29, 0.717) is 19.0 Å². The number of nitriles is 1. The minimum absolute atomic E-state index is 0.477. The van der Waals surface area contributed by atoms with E-state index in [2.05, 4.69) is 43.8 Å². The van der Waals surface area contributed by atoms with Gasteiger partial charge in [0.15, 0.2) is 6.19 Å². The number of imidazole rings is 1. The Bertz CT molecular complexity index is 900. The van der Waals surface area contributed by atoms with Crippen LogP contribution in [0.1, 0.15) is 5.56 Å². The molecule has 27 heavy (non-hydrogen) atoms.